The van der Waals surface area contributed by atoms with Crippen molar-refractivity contribution in [2.45, 2.75) is 39.0 Å². The Bertz CT molecular complexity index is 704. The summed E-state index contributed by atoms with van der Waals surface area (Å²) in [6, 6.07) is 6.78. The molecule has 1 aromatic heterocycles. The van der Waals surface area contributed by atoms with Gasteiger partial charge in [0.15, 0.2) is 5.82 Å². The van der Waals surface area contributed by atoms with Gasteiger partial charge < -0.3 is 14.9 Å². The average Bonchev–Trinajstić information content (AvgIpc) is 2.91. The van der Waals surface area contributed by atoms with Crippen LogP contribution in [0.3, 0.4) is 0 Å². The van der Waals surface area contributed by atoms with Gasteiger partial charge in [-0.3, -0.25) is 9.59 Å². The Labute approximate surface area is 133 Å². The van der Waals surface area contributed by atoms with Crippen LogP contribution in [-0.4, -0.2) is 27.1 Å². The van der Waals surface area contributed by atoms with Gasteiger partial charge in [0, 0.05) is 18.5 Å². The van der Waals surface area contributed by atoms with Gasteiger partial charge in [0.05, 0.1) is 5.41 Å². The summed E-state index contributed by atoms with van der Waals surface area (Å²) in [6.45, 7) is 4.98. The van der Waals surface area contributed by atoms with E-state index in [2.05, 4.69) is 15.5 Å². The lowest BCUT2D eigenvalue weighted by molar-refractivity contribution is -0.142. The first-order valence-corrected chi connectivity index (χ1v) is 7.22. The molecule has 1 aromatic carbocycles. The number of nitrogens with one attached hydrogen (secondary N) is 1. The Balaban J connectivity index is 1.92. The predicted octanol–water partition coefficient (Wildman–Crippen LogP) is 2.31. The zero-order chi connectivity index (χ0) is 17.0. The summed E-state index contributed by atoms with van der Waals surface area (Å²) in [7, 11) is 0. The van der Waals surface area contributed by atoms with E-state index >= 15 is 0 Å². The number of carbonyl (C=O) groups excluding carboxylic acids is 1. The van der Waals surface area contributed by atoms with Crippen LogP contribution in [0.1, 0.15) is 37.5 Å². The first-order valence-electron chi connectivity index (χ1n) is 7.22. The van der Waals surface area contributed by atoms with Crippen LogP contribution < -0.4 is 5.32 Å². The molecule has 7 heteroatoms. The van der Waals surface area contributed by atoms with E-state index in [1.165, 1.54) is 0 Å². The monoisotopic (exact) mass is 317 g/mol. The molecule has 0 unspecified atom stereocenters. The Morgan fingerprint density at radius 1 is 1.26 bits per heavy atom. The number of carboxylic acids is 1. The molecule has 0 aliphatic carbocycles. The van der Waals surface area contributed by atoms with Gasteiger partial charge in [-0.2, -0.15) is 4.98 Å². The van der Waals surface area contributed by atoms with Crippen molar-refractivity contribution in [1.82, 2.24) is 10.1 Å². The van der Waals surface area contributed by atoms with Crippen LogP contribution in [0.2, 0.25) is 0 Å². The molecule has 2 rings (SSSR count). The Hall–Kier alpha value is -2.70. The number of benzene rings is 1. The number of amides is 1. The standard InChI is InChI=1S/C16H19N3O4/c1-10-17-14(23-19-10)9-8-13(20)18-12-6-4-11(5-7-12)16(2,3)15(21)22/h4-7H,8-9H2,1-3H3,(H,18,20)(H,21,22). The summed E-state index contributed by atoms with van der Waals surface area (Å²) in [4.78, 5) is 27.1. The molecule has 0 radical (unpaired) electrons. The van der Waals surface area contributed by atoms with Crippen molar-refractivity contribution in [3.63, 3.8) is 0 Å². The van der Waals surface area contributed by atoms with Crippen molar-refractivity contribution in [2.75, 3.05) is 5.32 Å². The molecule has 0 aliphatic rings. The molecule has 23 heavy (non-hydrogen) atoms. The Kier molecular flexibility index (Phi) is 4.78. The minimum Gasteiger partial charge on any atom is -0.481 e. The van der Waals surface area contributed by atoms with Crippen molar-refractivity contribution >= 4 is 17.6 Å². The highest BCUT2D eigenvalue weighted by atomic mass is 16.5. The minimum absolute atomic E-state index is 0.175. The van der Waals surface area contributed by atoms with Crippen LogP contribution in [0.15, 0.2) is 28.8 Å². The molecule has 0 saturated carbocycles. The maximum absolute atomic E-state index is 11.9. The van der Waals surface area contributed by atoms with E-state index in [0.717, 1.165) is 0 Å². The maximum Gasteiger partial charge on any atom is 0.313 e. The van der Waals surface area contributed by atoms with Crippen LogP contribution in [0.25, 0.3) is 0 Å². The molecule has 1 heterocycles. The Morgan fingerprint density at radius 2 is 1.91 bits per heavy atom. The molecular formula is C16H19N3O4. The van der Waals surface area contributed by atoms with Crippen LogP contribution in [0.5, 0.6) is 0 Å². The van der Waals surface area contributed by atoms with E-state index in [9.17, 15) is 14.7 Å². The minimum atomic E-state index is -0.974. The number of carbonyl (C=O) groups is 2. The molecule has 0 fully saturated rings. The number of hydrogen-bond donors (Lipinski definition) is 2. The third-order valence-electron chi connectivity index (χ3n) is 3.56. The summed E-state index contributed by atoms with van der Waals surface area (Å²) in [5.41, 5.74) is 0.309. The number of hydrogen-bond acceptors (Lipinski definition) is 5. The Morgan fingerprint density at radius 3 is 2.43 bits per heavy atom. The van der Waals surface area contributed by atoms with Crippen LogP contribution in [0, 0.1) is 6.92 Å². The fourth-order valence-corrected chi connectivity index (χ4v) is 1.98. The van der Waals surface area contributed by atoms with Gasteiger partial charge in [-0.1, -0.05) is 17.3 Å². The normalized spacial score (nSPS) is 11.3. The number of nitrogens with zero attached hydrogens (tertiary/aromatic N) is 2. The molecule has 7 nitrogen and oxygen atoms in total. The molecule has 0 saturated heterocycles. The molecule has 2 N–H and O–H groups in total. The number of rotatable bonds is 6. The number of aryl methyl sites for hydroxylation is 2. The summed E-state index contributed by atoms with van der Waals surface area (Å²) in [6.07, 6.45) is 0.598. The van der Waals surface area contributed by atoms with Crippen LogP contribution in [0.4, 0.5) is 5.69 Å². The van der Waals surface area contributed by atoms with Crippen LogP contribution in [-0.2, 0) is 21.4 Å². The predicted molar refractivity (Wildman–Crippen MR) is 83.1 cm³/mol. The fraction of sp³-hybridized carbons (Fsp3) is 0.375. The van der Waals surface area contributed by atoms with E-state index in [-0.39, 0.29) is 12.3 Å². The van der Waals surface area contributed by atoms with Crippen molar-refractivity contribution in [2.24, 2.45) is 0 Å². The number of carboxylic acid groups (broad SMARTS) is 1. The van der Waals surface area contributed by atoms with E-state index in [1.807, 2.05) is 0 Å². The van der Waals surface area contributed by atoms with Gasteiger partial charge in [-0.05, 0) is 38.5 Å². The zero-order valence-corrected chi connectivity index (χ0v) is 13.3. The molecule has 2 aromatic rings. The lowest BCUT2D eigenvalue weighted by Gasteiger charge is -2.19. The lowest BCUT2D eigenvalue weighted by atomic mass is 9.85. The van der Waals surface area contributed by atoms with Gasteiger partial charge in [0.2, 0.25) is 11.8 Å². The first-order chi connectivity index (χ1) is 10.8. The highest BCUT2D eigenvalue weighted by molar-refractivity contribution is 5.91. The summed E-state index contributed by atoms with van der Waals surface area (Å²) in [5, 5.41) is 15.6. The third kappa shape index (κ3) is 4.15. The number of aliphatic carboxylic acids is 1. The number of anilines is 1. The van der Waals surface area contributed by atoms with Crippen molar-refractivity contribution in [3.8, 4) is 0 Å². The third-order valence-corrected chi connectivity index (χ3v) is 3.56. The molecular weight excluding hydrogens is 298 g/mol. The van der Waals surface area contributed by atoms with Crippen molar-refractivity contribution in [3.05, 3.63) is 41.5 Å². The van der Waals surface area contributed by atoms with E-state index in [1.54, 1.807) is 45.0 Å². The average molecular weight is 317 g/mol. The van der Waals surface area contributed by atoms with Gasteiger partial charge in [0.25, 0.3) is 0 Å². The lowest BCUT2D eigenvalue weighted by Crippen LogP contribution is -2.28. The molecule has 0 spiro atoms. The van der Waals surface area contributed by atoms with Gasteiger partial charge >= 0.3 is 5.97 Å². The van der Waals surface area contributed by atoms with Gasteiger partial charge in [-0.25, -0.2) is 0 Å². The maximum atomic E-state index is 11.9. The van der Waals surface area contributed by atoms with Gasteiger partial charge in [0.1, 0.15) is 0 Å². The second kappa shape index (κ2) is 6.60. The summed E-state index contributed by atoms with van der Waals surface area (Å²) in [5.74, 6) is -0.108. The van der Waals surface area contributed by atoms with E-state index in [4.69, 9.17) is 4.52 Å². The second-order valence-corrected chi connectivity index (χ2v) is 5.79. The zero-order valence-electron chi connectivity index (χ0n) is 13.3. The smallest absolute Gasteiger partial charge is 0.313 e. The SMILES string of the molecule is Cc1noc(CCC(=O)Nc2ccc(C(C)(C)C(=O)O)cc2)n1. The molecule has 0 aliphatic heterocycles. The fourth-order valence-electron chi connectivity index (χ4n) is 1.98. The van der Waals surface area contributed by atoms with Crippen LogP contribution >= 0.6 is 0 Å². The van der Waals surface area contributed by atoms with Gasteiger partial charge in [-0.15, -0.1) is 0 Å². The summed E-state index contributed by atoms with van der Waals surface area (Å²) >= 11 is 0. The number of aromatic nitrogens is 2. The molecule has 1 amide bonds. The van der Waals surface area contributed by atoms with E-state index in [0.29, 0.717) is 29.4 Å². The van der Waals surface area contributed by atoms with Crippen molar-refractivity contribution < 1.29 is 19.2 Å². The van der Waals surface area contributed by atoms with E-state index < -0.39 is 11.4 Å². The quantitative estimate of drug-likeness (QED) is 0.847. The second-order valence-electron chi connectivity index (χ2n) is 5.79. The largest absolute Gasteiger partial charge is 0.481 e. The summed E-state index contributed by atoms with van der Waals surface area (Å²) < 4.78 is 4.94. The first kappa shape index (κ1) is 16.7. The topological polar surface area (TPSA) is 105 Å². The molecule has 122 valence electrons. The highest BCUT2D eigenvalue weighted by Gasteiger charge is 2.29. The van der Waals surface area contributed by atoms with Crippen molar-refractivity contribution in [1.29, 1.82) is 0 Å². The molecule has 0 atom stereocenters. The molecule has 0 bridgehead atoms. The highest BCUT2D eigenvalue weighted by Crippen LogP contribution is 2.24.